The number of rotatable bonds is 14. The number of carboxylic acid groups (broad SMARTS) is 1. The van der Waals surface area contributed by atoms with Gasteiger partial charge in [0.2, 0.25) is 0 Å². The van der Waals surface area contributed by atoms with E-state index in [1.54, 1.807) is 13.2 Å². The molecule has 8 heteroatoms. The monoisotopic (exact) mass is 479 g/mol. The Morgan fingerprint density at radius 3 is 2.66 bits per heavy atom. The van der Waals surface area contributed by atoms with Crippen LogP contribution in [0.4, 0.5) is 0 Å². The number of carbonyl (C=O) groups is 2. The van der Waals surface area contributed by atoms with Gasteiger partial charge in [0, 0.05) is 13.0 Å². The highest BCUT2D eigenvalue weighted by Gasteiger charge is 2.31. The number of ether oxygens (including phenoxy) is 2. The molecule has 1 fully saturated rings. The fourth-order valence-corrected chi connectivity index (χ4v) is 4.72. The number of carbonyl (C=O) groups excluding carboxylic acids is 1. The highest BCUT2D eigenvalue weighted by molar-refractivity contribution is 8.26. The maximum atomic E-state index is 12.7. The second kappa shape index (κ2) is 13.5. The van der Waals surface area contributed by atoms with Crippen molar-refractivity contribution in [3.05, 3.63) is 28.7 Å². The molecule has 0 aliphatic carbocycles. The number of thioether (sulfide) groups is 1. The van der Waals surface area contributed by atoms with Crippen LogP contribution < -0.4 is 9.47 Å². The number of hydrogen-bond donors (Lipinski definition) is 1. The van der Waals surface area contributed by atoms with Crippen molar-refractivity contribution in [2.75, 3.05) is 13.7 Å². The van der Waals surface area contributed by atoms with Gasteiger partial charge >= 0.3 is 5.97 Å². The van der Waals surface area contributed by atoms with Gasteiger partial charge in [-0.25, -0.2) is 0 Å². The van der Waals surface area contributed by atoms with Gasteiger partial charge in [0.15, 0.2) is 11.5 Å². The Morgan fingerprint density at radius 1 is 1.22 bits per heavy atom. The minimum absolute atomic E-state index is 0.00588. The van der Waals surface area contributed by atoms with Crippen molar-refractivity contribution in [1.82, 2.24) is 4.90 Å². The average Bonchev–Trinajstić information content (AvgIpc) is 3.01. The number of nitrogens with zero attached hydrogens (tertiary/aromatic N) is 1. The highest BCUT2D eigenvalue weighted by atomic mass is 32.2. The first-order valence-corrected chi connectivity index (χ1v) is 12.4. The van der Waals surface area contributed by atoms with Crippen LogP contribution in [-0.2, 0) is 9.59 Å². The third kappa shape index (κ3) is 8.13. The molecule has 1 aliphatic heterocycles. The molecule has 1 aromatic carbocycles. The van der Waals surface area contributed by atoms with Crippen molar-refractivity contribution in [3.8, 4) is 11.5 Å². The number of aliphatic carboxylic acids is 1. The van der Waals surface area contributed by atoms with E-state index in [2.05, 4.69) is 13.8 Å². The zero-order valence-corrected chi connectivity index (χ0v) is 20.7. The number of methoxy groups -OCH3 is 1. The van der Waals surface area contributed by atoms with Crippen molar-refractivity contribution in [2.24, 2.45) is 0 Å². The fourth-order valence-electron chi connectivity index (χ4n) is 3.41. The maximum absolute atomic E-state index is 12.7. The molecular formula is C24H33NO5S2. The minimum atomic E-state index is -0.883. The quantitative estimate of drug-likeness (QED) is 0.203. The van der Waals surface area contributed by atoms with E-state index in [9.17, 15) is 9.59 Å². The van der Waals surface area contributed by atoms with E-state index in [1.165, 1.54) is 42.3 Å². The van der Waals surface area contributed by atoms with Crippen LogP contribution in [0.1, 0.15) is 70.8 Å². The predicted molar refractivity (Wildman–Crippen MR) is 133 cm³/mol. The van der Waals surface area contributed by atoms with Crippen LogP contribution in [0, 0.1) is 0 Å². The van der Waals surface area contributed by atoms with Crippen molar-refractivity contribution >= 4 is 46.3 Å². The second-order valence-electron chi connectivity index (χ2n) is 7.87. The molecule has 0 unspecified atom stereocenters. The first-order valence-electron chi connectivity index (χ1n) is 11.2. The molecule has 1 heterocycles. The number of benzene rings is 1. The van der Waals surface area contributed by atoms with Crippen LogP contribution >= 0.6 is 24.0 Å². The third-order valence-electron chi connectivity index (χ3n) is 5.17. The summed E-state index contributed by atoms with van der Waals surface area (Å²) < 4.78 is 12.1. The molecule has 0 spiro atoms. The van der Waals surface area contributed by atoms with Crippen LogP contribution in [0.15, 0.2) is 23.1 Å². The van der Waals surface area contributed by atoms with Gasteiger partial charge in [0.25, 0.3) is 5.91 Å². The molecule has 1 atom stereocenters. The van der Waals surface area contributed by atoms with Crippen molar-refractivity contribution in [3.63, 3.8) is 0 Å². The number of hydrogen-bond acceptors (Lipinski definition) is 6. The molecule has 1 aliphatic rings. The van der Waals surface area contributed by atoms with E-state index >= 15 is 0 Å². The second-order valence-corrected chi connectivity index (χ2v) is 9.55. The Balaban J connectivity index is 1.99. The van der Waals surface area contributed by atoms with E-state index in [0.717, 1.165) is 18.4 Å². The van der Waals surface area contributed by atoms with Gasteiger partial charge in [-0.1, -0.05) is 62.7 Å². The van der Waals surface area contributed by atoms with E-state index in [1.807, 2.05) is 18.2 Å². The van der Waals surface area contributed by atoms with Gasteiger partial charge in [-0.2, -0.15) is 0 Å². The van der Waals surface area contributed by atoms with Crippen LogP contribution in [0.3, 0.4) is 0 Å². The first-order chi connectivity index (χ1) is 15.3. The summed E-state index contributed by atoms with van der Waals surface area (Å²) in [6, 6.07) is 5.61. The van der Waals surface area contributed by atoms with Gasteiger partial charge in [-0.3, -0.25) is 14.5 Å². The summed E-state index contributed by atoms with van der Waals surface area (Å²) in [7, 11) is 1.60. The summed E-state index contributed by atoms with van der Waals surface area (Å²) in [5.41, 5.74) is 0.812. The summed E-state index contributed by atoms with van der Waals surface area (Å²) in [5.74, 6) is 0.230. The van der Waals surface area contributed by atoms with Gasteiger partial charge in [0.1, 0.15) is 4.32 Å². The average molecular weight is 480 g/mol. The molecule has 0 radical (unpaired) electrons. The van der Waals surface area contributed by atoms with E-state index < -0.39 is 5.97 Å². The lowest BCUT2D eigenvalue weighted by atomic mass is 10.1. The standard InChI is InChI=1S/C24H33NO5S2/c1-4-5-6-7-8-10-17(2)30-19-13-12-18(15-20(19)29-3)16-21-23(28)25(24(31)32-21)14-9-11-22(26)27/h12-13,15-17H,4-11,14H2,1-3H3,(H,26,27)/b21-16+/t17-/m1/s1. The van der Waals surface area contributed by atoms with Crippen LogP contribution in [-0.4, -0.2) is 46.0 Å². The summed E-state index contributed by atoms with van der Waals surface area (Å²) in [6.45, 7) is 4.59. The molecule has 176 valence electrons. The fraction of sp³-hybridized carbons (Fsp3) is 0.542. The summed E-state index contributed by atoms with van der Waals surface area (Å²) >= 11 is 6.53. The minimum Gasteiger partial charge on any atom is -0.493 e. The topological polar surface area (TPSA) is 76.1 Å². The Kier molecular flexibility index (Phi) is 11.0. The van der Waals surface area contributed by atoms with Crippen LogP contribution in [0.5, 0.6) is 11.5 Å². The Bertz CT molecular complexity index is 840. The van der Waals surface area contributed by atoms with E-state index in [-0.39, 0.29) is 18.4 Å². The molecule has 1 amide bonds. The van der Waals surface area contributed by atoms with Gasteiger partial charge in [-0.15, -0.1) is 0 Å². The van der Waals surface area contributed by atoms with E-state index in [0.29, 0.717) is 33.7 Å². The van der Waals surface area contributed by atoms with Crippen LogP contribution in [0.25, 0.3) is 6.08 Å². The first kappa shape index (κ1) is 26.2. The predicted octanol–water partition coefficient (Wildman–Crippen LogP) is 5.89. The number of amides is 1. The summed E-state index contributed by atoms with van der Waals surface area (Å²) in [5, 5.41) is 8.79. The summed E-state index contributed by atoms with van der Waals surface area (Å²) in [4.78, 5) is 25.4. The molecular weight excluding hydrogens is 446 g/mol. The third-order valence-corrected chi connectivity index (χ3v) is 6.55. The SMILES string of the molecule is CCCCCCC[C@@H](C)Oc1ccc(/C=C2/SC(=S)N(CCCC(=O)O)C2=O)cc1OC. The van der Waals surface area contributed by atoms with E-state index in [4.69, 9.17) is 26.8 Å². The molecule has 2 rings (SSSR count). The lowest BCUT2D eigenvalue weighted by molar-refractivity contribution is -0.137. The highest BCUT2D eigenvalue weighted by Crippen LogP contribution is 2.35. The van der Waals surface area contributed by atoms with Crippen molar-refractivity contribution in [2.45, 2.75) is 71.3 Å². The molecule has 0 bridgehead atoms. The molecule has 1 aromatic rings. The van der Waals surface area contributed by atoms with Gasteiger partial charge in [0.05, 0.1) is 18.1 Å². The lowest BCUT2D eigenvalue weighted by Crippen LogP contribution is -2.29. The lowest BCUT2D eigenvalue weighted by Gasteiger charge is -2.17. The number of unbranched alkanes of at least 4 members (excludes halogenated alkanes) is 4. The smallest absolute Gasteiger partial charge is 0.303 e. The molecule has 0 aromatic heterocycles. The van der Waals surface area contributed by atoms with Crippen molar-refractivity contribution < 1.29 is 24.2 Å². The molecule has 0 saturated carbocycles. The Labute approximate surface area is 200 Å². The Morgan fingerprint density at radius 2 is 1.97 bits per heavy atom. The number of carboxylic acids is 1. The molecule has 1 N–H and O–H groups in total. The maximum Gasteiger partial charge on any atom is 0.303 e. The molecule has 6 nitrogen and oxygen atoms in total. The zero-order valence-electron chi connectivity index (χ0n) is 19.1. The largest absolute Gasteiger partial charge is 0.493 e. The summed E-state index contributed by atoms with van der Waals surface area (Å²) in [6.07, 6.45) is 9.42. The Hall–Kier alpha value is -2.06. The number of thiocarbonyl (C=S) groups is 1. The van der Waals surface area contributed by atoms with Crippen LogP contribution in [0.2, 0.25) is 0 Å². The molecule has 1 saturated heterocycles. The normalized spacial score (nSPS) is 16.0. The van der Waals surface area contributed by atoms with Crippen molar-refractivity contribution in [1.29, 1.82) is 0 Å². The molecule has 32 heavy (non-hydrogen) atoms. The van der Waals surface area contributed by atoms with Gasteiger partial charge < -0.3 is 14.6 Å². The van der Waals surface area contributed by atoms with Gasteiger partial charge in [-0.05, 0) is 50.0 Å². The zero-order chi connectivity index (χ0) is 23.5.